The topological polar surface area (TPSA) is 46.5 Å². The zero-order chi connectivity index (χ0) is 14.1. The molecule has 0 amide bonds. The summed E-state index contributed by atoms with van der Waals surface area (Å²) in [7, 11) is 0. The predicted molar refractivity (Wildman–Crippen MR) is 75.9 cm³/mol. The molecule has 0 saturated heterocycles. The van der Waals surface area contributed by atoms with Crippen molar-refractivity contribution in [3.05, 3.63) is 64.7 Å². The van der Waals surface area contributed by atoms with E-state index in [0.717, 1.165) is 11.1 Å². The lowest BCUT2D eigenvalue weighted by Crippen LogP contribution is -2.22. The van der Waals surface area contributed by atoms with E-state index >= 15 is 0 Å². The molecule has 1 atom stereocenters. The van der Waals surface area contributed by atoms with Crippen molar-refractivity contribution in [1.29, 1.82) is 0 Å². The van der Waals surface area contributed by atoms with Gasteiger partial charge < -0.3 is 9.84 Å². The Morgan fingerprint density at radius 1 is 1.20 bits per heavy atom. The highest BCUT2D eigenvalue weighted by Crippen LogP contribution is 2.38. The zero-order valence-electron chi connectivity index (χ0n) is 11.3. The van der Waals surface area contributed by atoms with Crippen molar-refractivity contribution in [2.24, 2.45) is 0 Å². The molecule has 1 aliphatic heterocycles. The second-order valence-electron chi connectivity index (χ2n) is 5.05. The summed E-state index contributed by atoms with van der Waals surface area (Å²) in [4.78, 5) is 12.4. The van der Waals surface area contributed by atoms with Gasteiger partial charge in [0.1, 0.15) is 11.9 Å². The zero-order valence-corrected chi connectivity index (χ0v) is 11.3. The van der Waals surface area contributed by atoms with Crippen LogP contribution in [0.3, 0.4) is 0 Å². The van der Waals surface area contributed by atoms with Gasteiger partial charge in [-0.25, -0.2) is 0 Å². The van der Waals surface area contributed by atoms with E-state index in [1.165, 1.54) is 0 Å². The molecule has 0 radical (unpaired) electrons. The van der Waals surface area contributed by atoms with E-state index in [0.29, 0.717) is 23.3 Å². The molecule has 2 aromatic carbocycles. The van der Waals surface area contributed by atoms with Crippen LogP contribution in [0.2, 0.25) is 0 Å². The number of hydrogen-bond acceptors (Lipinski definition) is 3. The molecule has 1 aliphatic rings. The summed E-state index contributed by atoms with van der Waals surface area (Å²) in [6, 6.07) is 13.4. The van der Waals surface area contributed by atoms with Crippen LogP contribution in [0.25, 0.3) is 0 Å². The van der Waals surface area contributed by atoms with E-state index in [-0.39, 0.29) is 18.5 Å². The molecule has 3 nitrogen and oxygen atoms in total. The number of hydrogen-bond donors (Lipinski definition) is 1. The van der Waals surface area contributed by atoms with Crippen LogP contribution in [-0.4, -0.2) is 10.9 Å². The molecule has 1 N–H and O–H groups in total. The number of aliphatic hydroxyl groups is 1. The molecule has 0 aromatic heterocycles. The van der Waals surface area contributed by atoms with Gasteiger partial charge in [-0.1, -0.05) is 42.5 Å². The number of Topliss-reactive ketones (excluding diaryl/α,β-unsaturated/α-hetero) is 1. The largest absolute Gasteiger partial charge is 0.484 e. The summed E-state index contributed by atoms with van der Waals surface area (Å²) in [5.74, 6) is 0.648. The van der Waals surface area contributed by atoms with E-state index in [1.54, 1.807) is 6.07 Å². The number of benzene rings is 2. The molecule has 3 heteroatoms. The van der Waals surface area contributed by atoms with Crippen molar-refractivity contribution < 1.29 is 14.6 Å². The van der Waals surface area contributed by atoms with Crippen LogP contribution in [0.4, 0.5) is 0 Å². The number of ketones is 1. The Bertz CT molecular complexity index is 647. The molecule has 1 heterocycles. The third-order valence-corrected chi connectivity index (χ3v) is 3.69. The van der Waals surface area contributed by atoms with Gasteiger partial charge in [0, 0.05) is 0 Å². The van der Waals surface area contributed by atoms with Gasteiger partial charge in [-0.15, -0.1) is 0 Å². The average molecular weight is 268 g/mol. The fourth-order valence-electron chi connectivity index (χ4n) is 2.62. The average Bonchev–Trinajstić information content (AvgIpc) is 2.49. The van der Waals surface area contributed by atoms with Gasteiger partial charge in [0.2, 0.25) is 0 Å². The first-order valence-electron chi connectivity index (χ1n) is 6.69. The SMILES string of the molecule is Cc1ccc(CO)c2c1OC(c1ccccc1)CC2=O. The quantitative estimate of drug-likeness (QED) is 0.909. The third kappa shape index (κ3) is 2.10. The molecule has 0 aliphatic carbocycles. The fourth-order valence-corrected chi connectivity index (χ4v) is 2.62. The molecule has 0 saturated carbocycles. The maximum Gasteiger partial charge on any atom is 0.171 e. The number of fused-ring (bicyclic) bond motifs is 1. The van der Waals surface area contributed by atoms with Crippen molar-refractivity contribution in [2.75, 3.05) is 0 Å². The van der Waals surface area contributed by atoms with Crippen molar-refractivity contribution in [3.8, 4) is 5.75 Å². The van der Waals surface area contributed by atoms with Crippen LogP contribution in [0.15, 0.2) is 42.5 Å². The third-order valence-electron chi connectivity index (χ3n) is 3.69. The normalized spacial score (nSPS) is 17.5. The molecule has 0 fully saturated rings. The summed E-state index contributed by atoms with van der Waals surface area (Å²) < 4.78 is 6.03. The second kappa shape index (κ2) is 5.10. The van der Waals surface area contributed by atoms with Gasteiger partial charge in [-0.05, 0) is 23.6 Å². The van der Waals surface area contributed by atoms with E-state index in [2.05, 4.69) is 0 Å². The maximum absolute atomic E-state index is 12.4. The number of carbonyl (C=O) groups excluding carboxylic acids is 1. The van der Waals surface area contributed by atoms with Crippen molar-refractivity contribution in [1.82, 2.24) is 0 Å². The standard InChI is InChI=1S/C17H16O3/c1-11-7-8-13(10-18)16-14(19)9-15(20-17(11)16)12-5-3-2-4-6-12/h2-8,15,18H,9-10H2,1H3. The fraction of sp³-hybridized carbons (Fsp3) is 0.235. The molecule has 1 unspecified atom stereocenters. The number of carbonyl (C=O) groups is 1. The molecule has 102 valence electrons. The molecule has 3 rings (SSSR count). The highest BCUT2D eigenvalue weighted by Gasteiger charge is 2.30. The van der Waals surface area contributed by atoms with E-state index < -0.39 is 0 Å². The first kappa shape index (κ1) is 12.9. The van der Waals surface area contributed by atoms with E-state index in [1.807, 2.05) is 43.3 Å². The molecule has 2 aromatic rings. The monoisotopic (exact) mass is 268 g/mol. The highest BCUT2D eigenvalue weighted by atomic mass is 16.5. The second-order valence-corrected chi connectivity index (χ2v) is 5.05. The molecular formula is C17H16O3. The van der Waals surface area contributed by atoms with Crippen molar-refractivity contribution >= 4 is 5.78 Å². The van der Waals surface area contributed by atoms with Gasteiger partial charge >= 0.3 is 0 Å². The Hall–Kier alpha value is -2.13. The number of ether oxygens (including phenoxy) is 1. The molecule has 0 spiro atoms. The molecule has 0 bridgehead atoms. The van der Waals surface area contributed by atoms with Crippen LogP contribution in [0, 0.1) is 6.92 Å². The molecular weight excluding hydrogens is 252 g/mol. The number of aryl methyl sites for hydroxylation is 1. The summed E-state index contributed by atoms with van der Waals surface area (Å²) in [5, 5.41) is 9.38. The van der Waals surface area contributed by atoms with Crippen molar-refractivity contribution in [2.45, 2.75) is 26.1 Å². The van der Waals surface area contributed by atoms with Gasteiger partial charge in [0.05, 0.1) is 18.6 Å². The predicted octanol–water partition coefficient (Wildman–Crippen LogP) is 3.19. The minimum Gasteiger partial charge on any atom is -0.484 e. The summed E-state index contributed by atoms with van der Waals surface area (Å²) in [6.45, 7) is 1.77. The van der Waals surface area contributed by atoms with Crippen LogP contribution in [0.5, 0.6) is 5.75 Å². The highest BCUT2D eigenvalue weighted by molar-refractivity contribution is 6.01. The van der Waals surface area contributed by atoms with E-state index in [9.17, 15) is 9.90 Å². The maximum atomic E-state index is 12.4. The molecule has 20 heavy (non-hydrogen) atoms. The Balaban J connectivity index is 2.05. The van der Waals surface area contributed by atoms with Gasteiger partial charge in [0.15, 0.2) is 5.78 Å². The Labute approximate surface area is 117 Å². The first-order valence-corrected chi connectivity index (χ1v) is 6.69. The van der Waals surface area contributed by atoms with Crippen LogP contribution in [0.1, 0.15) is 39.6 Å². The lowest BCUT2D eigenvalue weighted by Gasteiger charge is -2.28. The summed E-state index contributed by atoms with van der Waals surface area (Å²) >= 11 is 0. The van der Waals surface area contributed by atoms with E-state index in [4.69, 9.17) is 4.74 Å². The lowest BCUT2D eigenvalue weighted by molar-refractivity contribution is 0.0843. The van der Waals surface area contributed by atoms with Gasteiger partial charge in [0.25, 0.3) is 0 Å². The number of rotatable bonds is 2. The summed E-state index contributed by atoms with van der Waals surface area (Å²) in [5.41, 5.74) is 3.10. The minimum absolute atomic E-state index is 0.0350. The van der Waals surface area contributed by atoms with Gasteiger partial charge in [-0.3, -0.25) is 4.79 Å². The summed E-state index contributed by atoms with van der Waals surface area (Å²) in [6.07, 6.45) is 0.0665. The van der Waals surface area contributed by atoms with Crippen LogP contribution >= 0.6 is 0 Å². The smallest absolute Gasteiger partial charge is 0.171 e. The first-order chi connectivity index (χ1) is 9.70. The minimum atomic E-state index is -0.246. The van der Waals surface area contributed by atoms with Crippen LogP contribution < -0.4 is 4.74 Å². The Morgan fingerprint density at radius 3 is 2.65 bits per heavy atom. The number of aliphatic hydroxyl groups excluding tert-OH is 1. The van der Waals surface area contributed by atoms with Gasteiger partial charge in [-0.2, -0.15) is 0 Å². The van der Waals surface area contributed by atoms with Crippen LogP contribution in [-0.2, 0) is 6.61 Å². The Kier molecular flexibility index (Phi) is 3.28. The van der Waals surface area contributed by atoms with Crippen molar-refractivity contribution in [3.63, 3.8) is 0 Å². The Morgan fingerprint density at radius 2 is 1.95 bits per heavy atom. The lowest BCUT2D eigenvalue weighted by atomic mass is 9.91.